The topological polar surface area (TPSA) is 120 Å². The van der Waals surface area contributed by atoms with Gasteiger partial charge in [-0.25, -0.2) is 5.10 Å². The van der Waals surface area contributed by atoms with E-state index in [1.54, 1.807) is 0 Å². The first-order valence-corrected chi connectivity index (χ1v) is 6.81. The van der Waals surface area contributed by atoms with Crippen LogP contribution in [0.2, 0.25) is 0 Å². The average molecular weight is 292 g/mol. The Morgan fingerprint density at radius 2 is 2.15 bits per heavy atom. The van der Waals surface area contributed by atoms with Crippen molar-refractivity contribution in [3.63, 3.8) is 0 Å². The third-order valence-corrected chi connectivity index (χ3v) is 3.38. The molecule has 0 saturated heterocycles. The number of thioether (sulfide) groups is 1. The number of hydrogen-bond acceptors (Lipinski definition) is 8. The number of furan rings is 1. The summed E-state index contributed by atoms with van der Waals surface area (Å²) >= 11 is 1.36. The van der Waals surface area contributed by atoms with Crippen LogP contribution in [0, 0.1) is 13.8 Å². The third-order valence-electron chi connectivity index (χ3n) is 2.55. The van der Waals surface area contributed by atoms with Crippen molar-refractivity contribution in [2.75, 3.05) is 5.73 Å². The Bertz CT molecular complexity index is 731. The lowest BCUT2D eigenvalue weighted by molar-refractivity contribution is 0.499. The number of H-pyrrole nitrogens is 1. The van der Waals surface area contributed by atoms with Crippen LogP contribution in [0.5, 0.6) is 0 Å². The van der Waals surface area contributed by atoms with Gasteiger partial charge in [-0.3, -0.25) is 0 Å². The van der Waals surface area contributed by atoms with Crippen LogP contribution in [0.25, 0.3) is 11.5 Å². The van der Waals surface area contributed by atoms with E-state index >= 15 is 0 Å². The summed E-state index contributed by atoms with van der Waals surface area (Å²) in [5.41, 5.74) is 6.26. The highest BCUT2D eigenvalue weighted by atomic mass is 32.2. The largest absolute Gasteiger partial charge is 0.466 e. The van der Waals surface area contributed by atoms with Gasteiger partial charge in [0.05, 0.1) is 11.3 Å². The van der Waals surface area contributed by atoms with Crippen molar-refractivity contribution in [1.82, 2.24) is 25.4 Å². The summed E-state index contributed by atoms with van der Waals surface area (Å²) in [6.45, 7) is 3.73. The van der Waals surface area contributed by atoms with Crippen molar-refractivity contribution in [2.24, 2.45) is 0 Å². The Balaban J connectivity index is 1.72. The van der Waals surface area contributed by atoms with Crippen LogP contribution in [0.15, 0.2) is 20.1 Å². The molecule has 3 N–H and O–H groups in total. The number of aromatic amines is 1. The fourth-order valence-electron chi connectivity index (χ4n) is 1.71. The number of nitrogens with two attached hydrogens (primary N) is 1. The Labute approximate surface area is 118 Å². The zero-order valence-corrected chi connectivity index (χ0v) is 11.7. The highest BCUT2D eigenvalue weighted by Crippen LogP contribution is 2.27. The first kappa shape index (κ1) is 12.7. The van der Waals surface area contributed by atoms with Crippen molar-refractivity contribution >= 4 is 17.7 Å². The van der Waals surface area contributed by atoms with E-state index in [-0.39, 0.29) is 5.95 Å². The molecular weight excluding hydrogens is 280 g/mol. The van der Waals surface area contributed by atoms with Crippen molar-refractivity contribution in [1.29, 1.82) is 0 Å². The summed E-state index contributed by atoms with van der Waals surface area (Å²) in [5.74, 6) is 3.26. The van der Waals surface area contributed by atoms with Gasteiger partial charge >= 0.3 is 0 Å². The molecule has 3 heterocycles. The number of anilines is 1. The van der Waals surface area contributed by atoms with Gasteiger partial charge in [-0.15, -0.1) is 15.3 Å². The summed E-state index contributed by atoms with van der Waals surface area (Å²) in [5, 5.41) is 15.0. The minimum Gasteiger partial charge on any atom is -0.466 e. The summed E-state index contributed by atoms with van der Waals surface area (Å²) < 4.78 is 11.0. The van der Waals surface area contributed by atoms with Crippen LogP contribution < -0.4 is 5.73 Å². The summed E-state index contributed by atoms with van der Waals surface area (Å²) in [6.07, 6.45) is 0. The van der Waals surface area contributed by atoms with Crippen LogP contribution in [-0.4, -0.2) is 25.4 Å². The predicted molar refractivity (Wildman–Crippen MR) is 71.8 cm³/mol. The van der Waals surface area contributed by atoms with E-state index in [2.05, 4.69) is 25.4 Å². The second-order valence-corrected chi connectivity index (χ2v) is 5.06. The van der Waals surface area contributed by atoms with E-state index in [1.807, 2.05) is 19.9 Å². The minimum atomic E-state index is 0.281. The van der Waals surface area contributed by atoms with Gasteiger partial charge in [0.2, 0.25) is 17.0 Å². The molecule has 0 unspecified atom stereocenters. The van der Waals surface area contributed by atoms with E-state index in [1.165, 1.54) is 11.8 Å². The highest BCUT2D eigenvalue weighted by molar-refractivity contribution is 7.98. The molecule has 0 aliphatic carbocycles. The lowest BCUT2D eigenvalue weighted by Gasteiger charge is -1.91. The molecule has 3 aromatic rings. The number of aryl methyl sites for hydroxylation is 2. The first-order chi connectivity index (χ1) is 9.61. The maximum atomic E-state index is 5.59. The molecule has 0 aromatic carbocycles. The average Bonchev–Trinajstić information content (AvgIpc) is 3.08. The maximum absolute atomic E-state index is 5.59. The van der Waals surface area contributed by atoms with Gasteiger partial charge in [0.25, 0.3) is 5.89 Å². The zero-order chi connectivity index (χ0) is 14.1. The van der Waals surface area contributed by atoms with Crippen molar-refractivity contribution in [3.05, 3.63) is 23.5 Å². The molecule has 0 spiro atoms. The molecule has 0 aliphatic heterocycles. The normalized spacial score (nSPS) is 11.1. The molecule has 0 bridgehead atoms. The van der Waals surface area contributed by atoms with E-state index in [4.69, 9.17) is 14.6 Å². The van der Waals surface area contributed by atoms with Gasteiger partial charge in [-0.05, 0) is 19.9 Å². The molecule has 0 atom stereocenters. The Morgan fingerprint density at radius 3 is 2.80 bits per heavy atom. The van der Waals surface area contributed by atoms with Gasteiger partial charge in [-0.2, -0.15) is 4.98 Å². The third kappa shape index (κ3) is 2.52. The molecule has 0 radical (unpaired) electrons. The fraction of sp³-hybridized carbons (Fsp3) is 0.273. The first-order valence-electron chi connectivity index (χ1n) is 5.82. The molecule has 0 aliphatic rings. The summed E-state index contributed by atoms with van der Waals surface area (Å²) in [6, 6.07) is 1.87. The van der Waals surface area contributed by atoms with E-state index in [9.17, 15) is 0 Å². The Hall–Kier alpha value is -2.29. The van der Waals surface area contributed by atoms with Crippen LogP contribution in [0.3, 0.4) is 0 Å². The van der Waals surface area contributed by atoms with Crippen LogP contribution in [0.4, 0.5) is 5.95 Å². The SMILES string of the molecule is Cc1cc(-c2nnc(CSc3n[nH]c(N)n3)o2)c(C)o1. The highest BCUT2D eigenvalue weighted by Gasteiger charge is 2.15. The summed E-state index contributed by atoms with van der Waals surface area (Å²) in [7, 11) is 0. The molecule has 0 saturated carbocycles. The number of hydrogen-bond donors (Lipinski definition) is 2. The van der Waals surface area contributed by atoms with Gasteiger partial charge in [0.15, 0.2) is 0 Å². The second-order valence-electron chi connectivity index (χ2n) is 4.12. The number of aromatic nitrogens is 5. The minimum absolute atomic E-state index is 0.281. The number of nitrogens with zero attached hydrogens (tertiary/aromatic N) is 4. The van der Waals surface area contributed by atoms with Crippen LogP contribution >= 0.6 is 11.8 Å². The smallest absolute Gasteiger partial charge is 0.251 e. The van der Waals surface area contributed by atoms with Crippen LogP contribution in [0.1, 0.15) is 17.4 Å². The maximum Gasteiger partial charge on any atom is 0.251 e. The Kier molecular flexibility index (Phi) is 3.18. The molecule has 104 valence electrons. The van der Waals surface area contributed by atoms with Crippen molar-refractivity contribution in [2.45, 2.75) is 24.8 Å². The quantitative estimate of drug-likeness (QED) is 0.700. The predicted octanol–water partition coefficient (Wildman–Crippen LogP) is 1.94. The van der Waals surface area contributed by atoms with E-state index < -0.39 is 0 Å². The van der Waals surface area contributed by atoms with E-state index in [0.717, 1.165) is 17.1 Å². The molecule has 9 heteroatoms. The Morgan fingerprint density at radius 1 is 1.30 bits per heavy atom. The number of rotatable bonds is 4. The zero-order valence-electron chi connectivity index (χ0n) is 10.9. The lowest BCUT2D eigenvalue weighted by atomic mass is 10.2. The van der Waals surface area contributed by atoms with Gasteiger partial charge in [-0.1, -0.05) is 11.8 Å². The number of nitrogen functional groups attached to an aromatic ring is 1. The van der Waals surface area contributed by atoms with Gasteiger partial charge in [0, 0.05) is 0 Å². The second kappa shape index (κ2) is 5.00. The molecule has 8 nitrogen and oxygen atoms in total. The molecule has 0 amide bonds. The van der Waals surface area contributed by atoms with Crippen LogP contribution in [-0.2, 0) is 5.75 Å². The summed E-state index contributed by atoms with van der Waals surface area (Å²) in [4.78, 5) is 3.98. The van der Waals surface area contributed by atoms with Gasteiger partial charge < -0.3 is 14.6 Å². The standard InChI is InChI=1S/C11H12N6O2S/c1-5-3-7(6(2)18-5)9-15-14-8(19-9)4-20-11-13-10(12)16-17-11/h3H,4H2,1-2H3,(H3,12,13,16,17). The van der Waals surface area contributed by atoms with Crippen molar-refractivity contribution < 1.29 is 8.83 Å². The van der Waals surface area contributed by atoms with Gasteiger partial charge in [0.1, 0.15) is 11.5 Å². The monoisotopic (exact) mass is 292 g/mol. The van der Waals surface area contributed by atoms with E-state index in [0.29, 0.717) is 22.7 Å². The molecule has 3 rings (SSSR count). The fourth-order valence-corrected chi connectivity index (χ4v) is 2.36. The molecule has 0 fully saturated rings. The lowest BCUT2D eigenvalue weighted by Crippen LogP contribution is -1.85. The molecule has 3 aromatic heterocycles. The number of nitrogens with one attached hydrogen (secondary N) is 1. The molecular formula is C11H12N6O2S. The van der Waals surface area contributed by atoms with Crippen molar-refractivity contribution in [3.8, 4) is 11.5 Å². The molecule has 20 heavy (non-hydrogen) atoms.